The Morgan fingerprint density at radius 3 is 2.50 bits per heavy atom. The van der Waals surface area contributed by atoms with E-state index in [1.807, 2.05) is 0 Å². The molecule has 0 bridgehead atoms. The minimum atomic E-state index is 0.407. The van der Waals surface area contributed by atoms with Crippen LogP contribution in [-0.4, -0.2) is 0 Å². The van der Waals surface area contributed by atoms with Crippen molar-refractivity contribution in [3.63, 3.8) is 0 Å². The van der Waals surface area contributed by atoms with E-state index in [2.05, 4.69) is 44.7 Å². The van der Waals surface area contributed by atoms with E-state index in [-0.39, 0.29) is 0 Å². The van der Waals surface area contributed by atoms with Gasteiger partial charge in [0.25, 0.3) is 0 Å². The minimum Gasteiger partial charge on any atom is -0.0958 e. The van der Waals surface area contributed by atoms with E-state index in [0.29, 0.717) is 5.41 Å². The molecule has 2 aliphatic carbocycles. The SMILES string of the molecule is C=C(C)C1=C(C)c2ccccc2CC12CCCC2. The molecule has 0 aromatic heterocycles. The van der Waals surface area contributed by atoms with Crippen LogP contribution in [0.2, 0.25) is 0 Å². The Kier molecular flexibility index (Phi) is 2.69. The van der Waals surface area contributed by atoms with Crippen molar-refractivity contribution in [2.45, 2.75) is 46.0 Å². The lowest BCUT2D eigenvalue weighted by Crippen LogP contribution is -2.28. The molecule has 0 radical (unpaired) electrons. The van der Waals surface area contributed by atoms with Crippen molar-refractivity contribution >= 4 is 5.57 Å². The first-order valence-corrected chi connectivity index (χ1v) is 7.10. The Morgan fingerprint density at radius 2 is 1.83 bits per heavy atom. The van der Waals surface area contributed by atoms with Crippen molar-refractivity contribution in [3.8, 4) is 0 Å². The zero-order chi connectivity index (χ0) is 12.8. The van der Waals surface area contributed by atoms with Gasteiger partial charge >= 0.3 is 0 Å². The molecule has 0 atom stereocenters. The summed E-state index contributed by atoms with van der Waals surface area (Å²) in [7, 11) is 0. The molecule has 1 spiro atoms. The Bertz CT molecular complexity index is 525. The molecule has 94 valence electrons. The summed E-state index contributed by atoms with van der Waals surface area (Å²) in [6, 6.07) is 8.93. The molecular weight excluding hydrogens is 216 g/mol. The summed E-state index contributed by atoms with van der Waals surface area (Å²) in [5.74, 6) is 0. The monoisotopic (exact) mass is 238 g/mol. The van der Waals surface area contributed by atoms with Crippen molar-refractivity contribution in [3.05, 3.63) is 53.1 Å². The fraction of sp³-hybridized carbons (Fsp3) is 0.444. The van der Waals surface area contributed by atoms with Gasteiger partial charge in [-0.2, -0.15) is 0 Å². The molecule has 0 unspecified atom stereocenters. The Balaban J connectivity index is 2.22. The average Bonchev–Trinajstić information content (AvgIpc) is 2.77. The quantitative estimate of drug-likeness (QED) is 0.634. The Hall–Kier alpha value is -1.30. The van der Waals surface area contributed by atoms with Gasteiger partial charge in [-0.05, 0) is 60.8 Å². The zero-order valence-electron chi connectivity index (χ0n) is 11.6. The first-order chi connectivity index (χ1) is 8.64. The van der Waals surface area contributed by atoms with Gasteiger partial charge in [-0.15, -0.1) is 0 Å². The summed E-state index contributed by atoms with van der Waals surface area (Å²) >= 11 is 0. The van der Waals surface area contributed by atoms with Crippen LogP contribution < -0.4 is 0 Å². The predicted octanol–water partition coefficient (Wildman–Crippen LogP) is 5.15. The lowest BCUT2D eigenvalue weighted by Gasteiger charge is -2.39. The summed E-state index contributed by atoms with van der Waals surface area (Å²) in [6.07, 6.45) is 6.68. The Morgan fingerprint density at radius 1 is 1.17 bits per heavy atom. The van der Waals surface area contributed by atoms with Crippen LogP contribution in [-0.2, 0) is 6.42 Å². The van der Waals surface area contributed by atoms with Crippen LogP contribution in [0.3, 0.4) is 0 Å². The second-order valence-corrected chi connectivity index (χ2v) is 6.10. The third-order valence-electron chi connectivity index (χ3n) is 4.84. The molecule has 2 aliphatic rings. The lowest BCUT2D eigenvalue weighted by molar-refractivity contribution is 0.366. The first kappa shape index (κ1) is 11.8. The van der Waals surface area contributed by atoms with E-state index in [4.69, 9.17) is 0 Å². The molecule has 0 amide bonds. The lowest BCUT2D eigenvalue weighted by atomic mass is 9.65. The highest BCUT2D eigenvalue weighted by Crippen LogP contribution is 2.54. The highest BCUT2D eigenvalue weighted by atomic mass is 14.5. The third-order valence-corrected chi connectivity index (χ3v) is 4.84. The molecule has 0 N–H and O–H groups in total. The summed E-state index contributed by atoms with van der Waals surface area (Å²) in [5, 5.41) is 0. The van der Waals surface area contributed by atoms with Gasteiger partial charge in [-0.3, -0.25) is 0 Å². The molecule has 0 aliphatic heterocycles. The maximum Gasteiger partial charge on any atom is -0.000119 e. The van der Waals surface area contributed by atoms with Crippen molar-refractivity contribution in [2.75, 3.05) is 0 Å². The smallest absolute Gasteiger partial charge is 0.000119 e. The summed E-state index contributed by atoms with van der Waals surface area (Å²) < 4.78 is 0. The molecule has 0 saturated heterocycles. The van der Waals surface area contributed by atoms with E-state index < -0.39 is 0 Å². The molecule has 1 aromatic rings. The largest absolute Gasteiger partial charge is 0.0958 e. The van der Waals surface area contributed by atoms with Crippen LogP contribution in [0.15, 0.2) is 42.0 Å². The van der Waals surface area contributed by atoms with Crippen LogP contribution in [0.1, 0.15) is 50.7 Å². The van der Waals surface area contributed by atoms with E-state index in [9.17, 15) is 0 Å². The first-order valence-electron chi connectivity index (χ1n) is 7.10. The van der Waals surface area contributed by atoms with Gasteiger partial charge in [0.1, 0.15) is 0 Å². The summed E-state index contributed by atoms with van der Waals surface area (Å²) in [4.78, 5) is 0. The average molecular weight is 238 g/mol. The van der Waals surface area contributed by atoms with Crippen LogP contribution in [0, 0.1) is 5.41 Å². The second-order valence-electron chi connectivity index (χ2n) is 6.10. The molecule has 0 heteroatoms. The number of rotatable bonds is 1. The van der Waals surface area contributed by atoms with E-state index in [1.54, 1.807) is 11.1 Å². The van der Waals surface area contributed by atoms with Gasteiger partial charge in [0.2, 0.25) is 0 Å². The van der Waals surface area contributed by atoms with Crippen molar-refractivity contribution in [1.82, 2.24) is 0 Å². The highest BCUT2D eigenvalue weighted by Gasteiger charge is 2.41. The molecule has 1 saturated carbocycles. The fourth-order valence-electron chi connectivity index (χ4n) is 4.28. The topological polar surface area (TPSA) is 0 Å². The van der Waals surface area contributed by atoms with Crippen molar-refractivity contribution in [1.29, 1.82) is 0 Å². The van der Waals surface area contributed by atoms with Crippen LogP contribution in [0.25, 0.3) is 5.57 Å². The van der Waals surface area contributed by atoms with E-state index in [1.165, 1.54) is 48.8 Å². The number of allylic oxidation sites excluding steroid dienone is 3. The van der Waals surface area contributed by atoms with Gasteiger partial charge in [0.15, 0.2) is 0 Å². The third kappa shape index (κ3) is 1.59. The molecular formula is C18H22. The van der Waals surface area contributed by atoms with Gasteiger partial charge in [-0.1, -0.05) is 49.3 Å². The maximum atomic E-state index is 4.26. The number of fused-ring (bicyclic) bond motifs is 1. The van der Waals surface area contributed by atoms with Gasteiger partial charge in [0, 0.05) is 0 Å². The minimum absolute atomic E-state index is 0.407. The van der Waals surface area contributed by atoms with Gasteiger partial charge < -0.3 is 0 Å². The maximum absolute atomic E-state index is 4.26. The highest BCUT2D eigenvalue weighted by molar-refractivity contribution is 5.76. The molecule has 18 heavy (non-hydrogen) atoms. The standard InChI is InChI=1S/C18H22/c1-13(2)17-14(3)16-9-5-4-8-15(16)12-18(17)10-6-7-11-18/h4-5,8-9H,1,6-7,10-12H2,2-3H3. The fourth-order valence-corrected chi connectivity index (χ4v) is 4.28. The normalized spacial score (nSPS) is 21.2. The number of benzene rings is 1. The Labute approximate surface area is 110 Å². The van der Waals surface area contributed by atoms with E-state index in [0.717, 1.165) is 0 Å². The van der Waals surface area contributed by atoms with Crippen molar-refractivity contribution in [2.24, 2.45) is 5.41 Å². The second kappa shape index (κ2) is 4.12. The molecule has 0 nitrogen and oxygen atoms in total. The van der Waals surface area contributed by atoms with Crippen molar-refractivity contribution < 1.29 is 0 Å². The van der Waals surface area contributed by atoms with Crippen LogP contribution in [0.5, 0.6) is 0 Å². The molecule has 3 rings (SSSR count). The van der Waals surface area contributed by atoms with Gasteiger partial charge in [0.05, 0.1) is 0 Å². The van der Waals surface area contributed by atoms with Crippen LogP contribution in [0.4, 0.5) is 0 Å². The van der Waals surface area contributed by atoms with Crippen LogP contribution >= 0.6 is 0 Å². The molecule has 0 heterocycles. The predicted molar refractivity (Wildman–Crippen MR) is 78.5 cm³/mol. The summed E-state index contributed by atoms with van der Waals surface area (Å²) in [5.41, 5.74) is 7.73. The number of hydrogen-bond donors (Lipinski definition) is 0. The van der Waals surface area contributed by atoms with E-state index >= 15 is 0 Å². The zero-order valence-corrected chi connectivity index (χ0v) is 11.6. The molecule has 1 fully saturated rings. The summed E-state index contributed by atoms with van der Waals surface area (Å²) in [6.45, 7) is 8.74. The van der Waals surface area contributed by atoms with Gasteiger partial charge in [-0.25, -0.2) is 0 Å². The molecule has 1 aromatic carbocycles. The number of hydrogen-bond acceptors (Lipinski definition) is 0.